The summed E-state index contributed by atoms with van der Waals surface area (Å²) >= 11 is 0. The van der Waals surface area contributed by atoms with Gasteiger partial charge in [-0.15, -0.1) is 0 Å². The number of nitrogens with one attached hydrogen (secondary N) is 2. The van der Waals surface area contributed by atoms with Gasteiger partial charge in [-0.25, -0.2) is 4.79 Å². The first-order chi connectivity index (χ1) is 11.1. The lowest BCUT2D eigenvalue weighted by Crippen LogP contribution is -2.29. The van der Waals surface area contributed by atoms with E-state index in [0.717, 1.165) is 37.9 Å². The van der Waals surface area contributed by atoms with Gasteiger partial charge in [-0.05, 0) is 49.8 Å². The molecule has 0 saturated carbocycles. The summed E-state index contributed by atoms with van der Waals surface area (Å²) in [6, 6.07) is 6.89. The smallest absolute Gasteiger partial charge is 0.319 e. The summed E-state index contributed by atoms with van der Waals surface area (Å²) in [6.07, 6.45) is 5.97. The van der Waals surface area contributed by atoms with Crippen molar-refractivity contribution in [3.05, 3.63) is 29.8 Å². The highest BCUT2D eigenvalue weighted by molar-refractivity contribution is 5.89. The molecule has 0 aliphatic carbocycles. The van der Waals surface area contributed by atoms with Crippen molar-refractivity contribution in [2.45, 2.75) is 44.6 Å². The molecule has 0 spiro atoms. The number of ether oxygens (including phenoxy) is 1. The SMILES string of the molecule is NC(=O)Cc1cccc(NC(=O)NCCCCC2CCCO2)c1. The quantitative estimate of drug-likeness (QED) is 0.641. The van der Waals surface area contributed by atoms with Crippen LogP contribution in [0.4, 0.5) is 10.5 Å². The molecule has 0 bridgehead atoms. The van der Waals surface area contributed by atoms with E-state index in [1.807, 2.05) is 0 Å². The number of unbranched alkanes of at least 4 members (excludes halogenated alkanes) is 1. The summed E-state index contributed by atoms with van der Waals surface area (Å²) < 4.78 is 5.57. The molecule has 1 fully saturated rings. The van der Waals surface area contributed by atoms with Crippen LogP contribution in [0.25, 0.3) is 0 Å². The van der Waals surface area contributed by atoms with Crippen molar-refractivity contribution in [3.8, 4) is 0 Å². The van der Waals surface area contributed by atoms with E-state index in [2.05, 4.69) is 10.6 Å². The lowest BCUT2D eigenvalue weighted by atomic mass is 10.1. The first kappa shape index (κ1) is 17.3. The van der Waals surface area contributed by atoms with Crippen molar-refractivity contribution >= 4 is 17.6 Å². The molecule has 4 N–H and O–H groups in total. The van der Waals surface area contributed by atoms with Crippen LogP contribution in [0.3, 0.4) is 0 Å². The van der Waals surface area contributed by atoms with Gasteiger partial charge in [0.2, 0.25) is 5.91 Å². The molecule has 1 saturated heterocycles. The van der Waals surface area contributed by atoms with Crippen LogP contribution in [0, 0.1) is 0 Å². The van der Waals surface area contributed by atoms with E-state index in [9.17, 15) is 9.59 Å². The zero-order valence-electron chi connectivity index (χ0n) is 13.3. The lowest BCUT2D eigenvalue weighted by Gasteiger charge is -2.10. The van der Waals surface area contributed by atoms with Gasteiger partial charge in [0.15, 0.2) is 0 Å². The minimum absolute atomic E-state index is 0.167. The van der Waals surface area contributed by atoms with Crippen molar-refractivity contribution in [1.29, 1.82) is 0 Å². The fourth-order valence-corrected chi connectivity index (χ4v) is 2.71. The summed E-state index contributed by atoms with van der Waals surface area (Å²) in [5.74, 6) is -0.391. The molecular formula is C17H25N3O3. The Kier molecular flexibility index (Phi) is 6.87. The molecule has 1 unspecified atom stereocenters. The summed E-state index contributed by atoms with van der Waals surface area (Å²) in [5.41, 5.74) is 6.61. The molecule has 1 aromatic carbocycles. The van der Waals surface area contributed by atoms with Crippen LogP contribution in [-0.2, 0) is 16.0 Å². The molecule has 1 atom stereocenters. The molecule has 23 heavy (non-hydrogen) atoms. The van der Waals surface area contributed by atoms with Gasteiger partial charge in [0.1, 0.15) is 0 Å². The second-order valence-electron chi connectivity index (χ2n) is 5.86. The van der Waals surface area contributed by atoms with E-state index in [1.165, 1.54) is 6.42 Å². The van der Waals surface area contributed by atoms with Crippen LogP contribution in [0.1, 0.15) is 37.7 Å². The van der Waals surface area contributed by atoms with Crippen molar-refractivity contribution in [1.82, 2.24) is 5.32 Å². The Morgan fingerprint density at radius 2 is 2.17 bits per heavy atom. The minimum Gasteiger partial charge on any atom is -0.378 e. The zero-order valence-corrected chi connectivity index (χ0v) is 13.3. The van der Waals surface area contributed by atoms with E-state index >= 15 is 0 Å². The Bertz CT molecular complexity index is 528. The second kappa shape index (κ2) is 9.15. The van der Waals surface area contributed by atoms with Crippen molar-refractivity contribution in [2.24, 2.45) is 5.73 Å². The molecular weight excluding hydrogens is 294 g/mol. The molecule has 1 aliphatic rings. The maximum atomic E-state index is 11.8. The number of rotatable bonds is 8. The molecule has 0 aromatic heterocycles. The summed E-state index contributed by atoms with van der Waals surface area (Å²) in [5, 5.41) is 5.60. The van der Waals surface area contributed by atoms with Gasteiger partial charge in [0.25, 0.3) is 0 Å². The Balaban J connectivity index is 1.63. The van der Waals surface area contributed by atoms with E-state index in [4.69, 9.17) is 10.5 Å². The van der Waals surface area contributed by atoms with Crippen LogP contribution >= 0.6 is 0 Å². The standard InChI is InChI=1S/C17H25N3O3/c18-16(21)12-13-5-3-6-14(11-13)20-17(22)19-9-2-1-7-15-8-4-10-23-15/h3,5-6,11,15H,1-2,4,7-10,12H2,(H2,18,21)(H2,19,20,22). The van der Waals surface area contributed by atoms with Gasteiger partial charge in [0.05, 0.1) is 12.5 Å². The summed E-state index contributed by atoms with van der Waals surface area (Å²) in [7, 11) is 0. The van der Waals surface area contributed by atoms with Crippen molar-refractivity contribution < 1.29 is 14.3 Å². The topological polar surface area (TPSA) is 93.5 Å². The molecule has 1 heterocycles. The molecule has 126 valence electrons. The number of carbonyl (C=O) groups is 2. The minimum atomic E-state index is -0.391. The monoisotopic (exact) mass is 319 g/mol. The highest BCUT2D eigenvalue weighted by Gasteiger charge is 2.14. The third-order valence-electron chi connectivity index (χ3n) is 3.83. The van der Waals surface area contributed by atoms with Gasteiger partial charge >= 0.3 is 6.03 Å². The van der Waals surface area contributed by atoms with Gasteiger partial charge in [0, 0.05) is 18.8 Å². The largest absolute Gasteiger partial charge is 0.378 e. The number of urea groups is 1. The van der Waals surface area contributed by atoms with Crippen LogP contribution in [0.2, 0.25) is 0 Å². The molecule has 2 rings (SSSR count). The lowest BCUT2D eigenvalue weighted by molar-refractivity contribution is -0.117. The van der Waals surface area contributed by atoms with Crippen LogP contribution in [0.15, 0.2) is 24.3 Å². The summed E-state index contributed by atoms with van der Waals surface area (Å²) in [6.45, 7) is 1.53. The van der Waals surface area contributed by atoms with Crippen molar-refractivity contribution in [2.75, 3.05) is 18.5 Å². The predicted molar refractivity (Wildman–Crippen MR) is 89.2 cm³/mol. The van der Waals surface area contributed by atoms with E-state index in [0.29, 0.717) is 18.3 Å². The first-order valence-corrected chi connectivity index (χ1v) is 8.17. The highest BCUT2D eigenvalue weighted by atomic mass is 16.5. The fraction of sp³-hybridized carbons (Fsp3) is 0.529. The van der Waals surface area contributed by atoms with Gasteiger partial charge in [-0.3, -0.25) is 4.79 Å². The maximum Gasteiger partial charge on any atom is 0.319 e. The molecule has 6 heteroatoms. The normalized spacial score (nSPS) is 17.0. The number of hydrogen-bond acceptors (Lipinski definition) is 3. The highest BCUT2D eigenvalue weighted by Crippen LogP contribution is 2.17. The first-order valence-electron chi connectivity index (χ1n) is 8.17. The molecule has 1 aliphatic heterocycles. The maximum absolute atomic E-state index is 11.8. The Labute approximate surface area is 136 Å². The summed E-state index contributed by atoms with van der Waals surface area (Å²) in [4.78, 5) is 22.7. The zero-order chi connectivity index (χ0) is 16.5. The second-order valence-corrected chi connectivity index (χ2v) is 5.86. The third kappa shape index (κ3) is 6.69. The van der Waals surface area contributed by atoms with Gasteiger partial charge < -0.3 is 21.1 Å². The number of carbonyl (C=O) groups excluding carboxylic acids is 2. The predicted octanol–water partition coefficient (Wildman–Crippen LogP) is 2.19. The van der Waals surface area contributed by atoms with Crippen molar-refractivity contribution in [3.63, 3.8) is 0 Å². The van der Waals surface area contributed by atoms with E-state index in [1.54, 1.807) is 24.3 Å². The van der Waals surface area contributed by atoms with E-state index < -0.39 is 5.91 Å². The number of primary amides is 1. The molecule has 6 nitrogen and oxygen atoms in total. The Hall–Kier alpha value is -2.08. The number of benzene rings is 1. The Morgan fingerprint density at radius 1 is 1.30 bits per heavy atom. The van der Waals surface area contributed by atoms with Crippen LogP contribution < -0.4 is 16.4 Å². The fourth-order valence-electron chi connectivity index (χ4n) is 2.71. The average Bonchev–Trinajstić information content (AvgIpc) is 3.00. The van der Waals surface area contributed by atoms with E-state index in [-0.39, 0.29) is 12.5 Å². The number of amides is 3. The average molecular weight is 319 g/mol. The molecule has 1 aromatic rings. The molecule has 0 radical (unpaired) electrons. The number of hydrogen-bond donors (Lipinski definition) is 3. The number of anilines is 1. The van der Waals surface area contributed by atoms with Crippen LogP contribution in [0.5, 0.6) is 0 Å². The van der Waals surface area contributed by atoms with Crippen LogP contribution in [-0.4, -0.2) is 31.2 Å². The molecule has 3 amide bonds. The van der Waals surface area contributed by atoms with Gasteiger partial charge in [-0.1, -0.05) is 12.1 Å². The Morgan fingerprint density at radius 3 is 2.91 bits per heavy atom. The van der Waals surface area contributed by atoms with Gasteiger partial charge in [-0.2, -0.15) is 0 Å². The number of nitrogens with two attached hydrogens (primary N) is 1. The third-order valence-corrected chi connectivity index (χ3v) is 3.83.